The van der Waals surface area contributed by atoms with E-state index in [1.807, 2.05) is 36.5 Å². The van der Waals surface area contributed by atoms with Crippen molar-refractivity contribution in [3.8, 4) is 11.1 Å². The molecule has 0 aliphatic heterocycles. The van der Waals surface area contributed by atoms with Crippen LogP contribution in [0.3, 0.4) is 0 Å². The Morgan fingerprint density at radius 2 is 2.14 bits per heavy atom. The van der Waals surface area contributed by atoms with Crippen LogP contribution in [0.4, 0.5) is 5.69 Å². The van der Waals surface area contributed by atoms with Crippen LogP contribution in [0, 0.1) is 0 Å². The molecule has 0 aliphatic rings. The van der Waals surface area contributed by atoms with Gasteiger partial charge in [-0.3, -0.25) is 19.7 Å². The van der Waals surface area contributed by atoms with E-state index in [1.54, 1.807) is 29.5 Å². The lowest BCUT2D eigenvalue weighted by Gasteiger charge is -2.01. The molecule has 1 amide bonds. The van der Waals surface area contributed by atoms with E-state index in [1.165, 1.54) is 0 Å². The first-order chi connectivity index (χ1) is 14.3. The van der Waals surface area contributed by atoms with Gasteiger partial charge in [0.1, 0.15) is 0 Å². The summed E-state index contributed by atoms with van der Waals surface area (Å²) in [6.45, 7) is 0.464. The van der Waals surface area contributed by atoms with Crippen LogP contribution in [0.5, 0.6) is 0 Å². The molecule has 5 rings (SSSR count). The fraction of sp³-hybridized carbons (Fsp3) is 0.0526. The van der Waals surface area contributed by atoms with Gasteiger partial charge in [-0.1, -0.05) is 6.07 Å². The summed E-state index contributed by atoms with van der Waals surface area (Å²) in [6, 6.07) is 9.41. The molecule has 4 heterocycles. The molecule has 0 aliphatic carbocycles. The van der Waals surface area contributed by atoms with E-state index in [0.29, 0.717) is 17.9 Å². The molecular formula is C19H15N9O. The summed E-state index contributed by atoms with van der Waals surface area (Å²) in [5, 5.41) is 29.5. The minimum Gasteiger partial charge on any atom is -0.318 e. The van der Waals surface area contributed by atoms with Gasteiger partial charge in [-0.2, -0.15) is 25.5 Å². The molecule has 0 fully saturated rings. The van der Waals surface area contributed by atoms with E-state index in [4.69, 9.17) is 0 Å². The highest BCUT2D eigenvalue weighted by atomic mass is 16.2. The number of carbonyl (C=O) groups excluding carboxylic acids is 1. The van der Waals surface area contributed by atoms with Crippen LogP contribution in [0.25, 0.3) is 22.0 Å². The number of nitrogens with one attached hydrogen (secondary N) is 3. The van der Waals surface area contributed by atoms with Crippen molar-refractivity contribution in [3.05, 3.63) is 72.7 Å². The van der Waals surface area contributed by atoms with Crippen LogP contribution in [0.1, 0.15) is 16.2 Å². The largest absolute Gasteiger partial charge is 0.318 e. The van der Waals surface area contributed by atoms with Crippen LogP contribution in [-0.2, 0) is 6.54 Å². The Morgan fingerprint density at radius 3 is 2.97 bits per heavy atom. The number of hydrogen-bond acceptors (Lipinski definition) is 6. The van der Waals surface area contributed by atoms with Gasteiger partial charge in [0.2, 0.25) is 0 Å². The molecule has 0 spiro atoms. The Kier molecular flexibility index (Phi) is 4.06. The van der Waals surface area contributed by atoms with Crippen molar-refractivity contribution in [1.82, 2.24) is 40.4 Å². The third-order valence-electron chi connectivity index (χ3n) is 4.45. The van der Waals surface area contributed by atoms with Crippen molar-refractivity contribution >= 4 is 22.5 Å². The number of aromatic amines is 2. The average Bonchev–Trinajstić information content (AvgIpc) is 3.49. The molecule has 0 radical (unpaired) electrons. The summed E-state index contributed by atoms with van der Waals surface area (Å²) < 4.78 is 1.68. The Bertz CT molecular complexity index is 1270. The zero-order valence-electron chi connectivity index (χ0n) is 15.1. The molecule has 29 heavy (non-hydrogen) atoms. The first-order valence-electron chi connectivity index (χ1n) is 8.84. The van der Waals surface area contributed by atoms with Crippen molar-refractivity contribution in [2.45, 2.75) is 6.54 Å². The Hall–Kier alpha value is -4.34. The Labute approximate surface area is 164 Å². The first kappa shape index (κ1) is 16.8. The third kappa shape index (κ3) is 3.34. The van der Waals surface area contributed by atoms with Crippen LogP contribution in [0.2, 0.25) is 0 Å². The summed E-state index contributed by atoms with van der Waals surface area (Å²) in [5.41, 5.74) is 4.38. The lowest BCUT2D eigenvalue weighted by molar-refractivity contribution is 0.102. The number of H-pyrrole nitrogens is 2. The average molecular weight is 385 g/mol. The fourth-order valence-electron chi connectivity index (χ4n) is 3.07. The highest BCUT2D eigenvalue weighted by Crippen LogP contribution is 2.24. The lowest BCUT2D eigenvalue weighted by Crippen LogP contribution is -2.12. The van der Waals surface area contributed by atoms with Crippen molar-refractivity contribution in [1.29, 1.82) is 0 Å². The van der Waals surface area contributed by atoms with E-state index >= 15 is 0 Å². The number of aromatic nitrogens is 8. The summed E-state index contributed by atoms with van der Waals surface area (Å²) in [5.74, 6) is -0.314. The fourth-order valence-corrected chi connectivity index (χ4v) is 3.07. The van der Waals surface area contributed by atoms with Crippen molar-refractivity contribution in [2.24, 2.45) is 0 Å². The highest BCUT2D eigenvalue weighted by molar-refractivity contribution is 6.11. The van der Waals surface area contributed by atoms with Crippen molar-refractivity contribution in [2.75, 3.05) is 5.32 Å². The molecular weight excluding hydrogens is 370 g/mol. The van der Waals surface area contributed by atoms with Crippen LogP contribution >= 0.6 is 0 Å². The predicted molar refractivity (Wildman–Crippen MR) is 105 cm³/mol. The SMILES string of the molecule is O=C(Nc1cnn(Cc2cccnn2)c1)c1n[nH]c2cc(-c3cn[nH]c3)ccc12. The maximum Gasteiger partial charge on any atom is 0.276 e. The monoisotopic (exact) mass is 385 g/mol. The molecule has 10 heteroatoms. The van der Waals surface area contributed by atoms with Crippen molar-refractivity contribution < 1.29 is 4.79 Å². The third-order valence-corrected chi connectivity index (χ3v) is 4.45. The number of benzene rings is 1. The van der Waals surface area contributed by atoms with Gasteiger partial charge in [-0.05, 0) is 29.8 Å². The van der Waals surface area contributed by atoms with Gasteiger partial charge in [-0.15, -0.1) is 0 Å². The van der Waals surface area contributed by atoms with E-state index < -0.39 is 0 Å². The van der Waals surface area contributed by atoms with Gasteiger partial charge < -0.3 is 5.32 Å². The van der Waals surface area contributed by atoms with Gasteiger partial charge in [-0.25, -0.2) is 0 Å². The number of anilines is 1. The number of rotatable bonds is 5. The zero-order valence-corrected chi connectivity index (χ0v) is 15.1. The summed E-state index contributed by atoms with van der Waals surface area (Å²) in [6.07, 6.45) is 8.48. The maximum absolute atomic E-state index is 12.7. The summed E-state index contributed by atoms with van der Waals surface area (Å²) >= 11 is 0. The standard InChI is InChI=1S/C19H15N9O/c29-19(24-15-9-23-28(11-15)10-14-2-1-5-20-25-14)18-16-4-3-12(6-17(16)26-27-18)13-7-21-22-8-13/h1-9,11H,10H2,(H,21,22)(H,24,29)(H,26,27). The Balaban J connectivity index is 1.34. The molecule has 3 N–H and O–H groups in total. The second-order valence-electron chi connectivity index (χ2n) is 6.42. The summed E-state index contributed by atoms with van der Waals surface area (Å²) in [4.78, 5) is 12.7. The quantitative estimate of drug-likeness (QED) is 0.425. The molecule has 0 bridgehead atoms. The summed E-state index contributed by atoms with van der Waals surface area (Å²) in [7, 11) is 0. The molecule has 0 atom stereocenters. The van der Waals surface area contributed by atoms with E-state index in [9.17, 15) is 4.79 Å². The lowest BCUT2D eigenvalue weighted by atomic mass is 10.1. The van der Waals surface area contributed by atoms with Gasteiger partial charge in [0.25, 0.3) is 5.91 Å². The smallest absolute Gasteiger partial charge is 0.276 e. The number of amides is 1. The maximum atomic E-state index is 12.7. The highest BCUT2D eigenvalue weighted by Gasteiger charge is 2.16. The topological polar surface area (TPSA) is 130 Å². The molecule has 0 saturated carbocycles. The van der Waals surface area contributed by atoms with E-state index in [2.05, 4.69) is 41.0 Å². The molecule has 4 aromatic heterocycles. The van der Waals surface area contributed by atoms with Gasteiger partial charge >= 0.3 is 0 Å². The predicted octanol–water partition coefficient (Wildman–Crippen LogP) is 2.24. The van der Waals surface area contributed by atoms with Gasteiger partial charge in [0.15, 0.2) is 5.69 Å². The Morgan fingerprint density at radius 1 is 1.17 bits per heavy atom. The number of nitrogens with zero attached hydrogens (tertiary/aromatic N) is 6. The molecule has 0 saturated heterocycles. The number of fused-ring (bicyclic) bond motifs is 1. The molecule has 1 aromatic carbocycles. The number of carbonyl (C=O) groups is 1. The molecule has 10 nitrogen and oxygen atoms in total. The minimum absolute atomic E-state index is 0.314. The van der Waals surface area contributed by atoms with E-state index in [0.717, 1.165) is 27.7 Å². The minimum atomic E-state index is -0.314. The van der Waals surface area contributed by atoms with Gasteiger partial charge in [0, 0.05) is 29.5 Å². The first-order valence-corrected chi connectivity index (χ1v) is 8.84. The molecule has 142 valence electrons. The van der Waals surface area contributed by atoms with Crippen LogP contribution in [-0.4, -0.2) is 46.3 Å². The zero-order chi connectivity index (χ0) is 19.6. The molecule has 5 aromatic rings. The van der Waals surface area contributed by atoms with Crippen LogP contribution in [0.15, 0.2) is 61.3 Å². The second kappa shape index (κ2) is 7.00. The van der Waals surface area contributed by atoms with Gasteiger partial charge in [0.05, 0.1) is 35.8 Å². The molecule has 0 unspecified atom stereocenters. The normalized spacial score (nSPS) is 11.0. The second-order valence-corrected chi connectivity index (χ2v) is 6.42. The van der Waals surface area contributed by atoms with E-state index in [-0.39, 0.29) is 5.91 Å². The van der Waals surface area contributed by atoms with Crippen molar-refractivity contribution in [3.63, 3.8) is 0 Å². The van der Waals surface area contributed by atoms with Crippen LogP contribution < -0.4 is 5.32 Å². The number of hydrogen-bond donors (Lipinski definition) is 3.